The number of nitrogens with zero attached hydrogens (tertiary/aromatic N) is 2. The molecule has 0 unspecified atom stereocenters. The number of benzene rings is 2. The van der Waals surface area contributed by atoms with Crippen LogP contribution in [0.15, 0.2) is 84.2 Å². The maximum atomic E-state index is 12.0. The van der Waals surface area contributed by atoms with Crippen molar-refractivity contribution in [1.29, 1.82) is 0 Å². The number of allylic oxidation sites excluding steroid dienone is 2. The van der Waals surface area contributed by atoms with Crippen LogP contribution in [0.5, 0.6) is 0 Å². The number of hydrogen-bond acceptors (Lipinski definition) is 5. The van der Waals surface area contributed by atoms with Crippen LogP contribution in [0, 0.1) is 17.4 Å². The SMILES string of the molecule is CC(C)(C)c1cc(-c2cc(-c3nccc4ccsc34)ccn2)[c-]c2ccccc12.CCC(CC)/C(O)=C/C(=O)C(C)(CC)CC.[Ir]. The standard InChI is InChI=1S/C26H21N2S.C14H26O2.Ir/c1-26(2,3)22-15-20(14-18-6-4-5-7-21(18)22)23-16-19(9-11-27-23)24-25-17(8-12-28-24)10-13-29-25;1-6-11(7-2)12(15)10-13(16)14(5,8-3)9-4;/h4-13,15-16H,1-3H3;10-11,15H,6-9H2,1-5H3;/q-1;;/b;12-10-;. The van der Waals surface area contributed by atoms with E-state index < -0.39 is 0 Å². The number of thiophene rings is 1. The van der Waals surface area contributed by atoms with Crippen LogP contribution in [0.1, 0.15) is 86.6 Å². The van der Waals surface area contributed by atoms with Gasteiger partial charge in [0.15, 0.2) is 5.78 Å². The van der Waals surface area contributed by atoms with Gasteiger partial charge in [0, 0.05) is 55.6 Å². The molecular weight excluding hydrogens is 765 g/mol. The first kappa shape index (κ1) is 37.3. The minimum atomic E-state index is -0.319. The molecule has 0 aliphatic heterocycles. The summed E-state index contributed by atoms with van der Waals surface area (Å²) in [6.45, 7) is 16.8. The smallest absolute Gasteiger partial charge is 0.164 e. The van der Waals surface area contributed by atoms with Gasteiger partial charge in [0.1, 0.15) is 0 Å². The summed E-state index contributed by atoms with van der Waals surface area (Å²) in [5.74, 6) is 0.437. The van der Waals surface area contributed by atoms with Gasteiger partial charge in [-0.15, -0.1) is 40.5 Å². The summed E-state index contributed by atoms with van der Waals surface area (Å²) in [7, 11) is 0. The predicted molar refractivity (Wildman–Crippen MR) is 192 cm³/mol. The van der Waals surface area contributed by atoms with Gasteiger partial charge in [0.2, 0.25) is 0 Å². The summed E-state index contributed by atoms with van der Waals surface area (Å²) >= 11 is 1.73. The second-order valence-electron chi connectivity index (χ2n) is 13.0. The van der Waals surface area contributed by atoms with Crippen LogP contribution in [0.25, 0.3) is 43.4 Å². The molecule has 0 spiro atoms. The zero-order valence-electron chi connectivity index (χ0n) is 28.4. The molecule has 0 aliphatic rings. The Hall–Kier alpha value is -3.18. The molecular formula is C40H47IrN2O2S-. The van der Waals surface area contributed by atoms with Gasteiger partial charge in [-0.2, -0.15) is 0 Å². The molecule has 0 saturated carbocycles. The second-order valence-corrected chi connectivity index (χ2v) is 14.0. The molecule has 5 rings (SSSR count). The normalized spacial score (nSPS) is 12.2. The van der Waals surface area contributed by atoms with Gasteiger partial charge in [-0.25, -0.2) is 0 Å². The van der Waals surface area contributed by atoms with E-state index in [9.17, 15) is 9.90 Å². The van der Waals surface area contributed by atoms with Crippen molar-refractivity contribution in [2.45, 2.75) is 86.5 Å². The molecule has 0 saturated heterocycles. The first-order valence-corrected chi connectivity index (χ1v) is 17.0. The first-order chi connectivity index (χ1) is 21.4. The molecule has 0 fully saturated rings. The Labute approximate surface area is 292 Å². The Morgan fingerprint density at radius 1 is 0.935 bits per heavy atom. The van der Waals surface area contributed by atoms with Gasteiger partial charge in [-0.1, -0.05) is 90.6 Å². The van der Waals surface area contributed by atoms with Crippen LogP contribution in [-0.4, -0.2) is 20.9 Å². The number of pyridine rings is 2. The molecule has 6 heteroatoms. The van der Waals surface area contributed by atoms with Gasteiger partial charge in [-0.3, -0.25) is 14.8 Å². The molecule has 1 N–H and O–H groups in total. The fourth-order valence-corrected chi connectivity index (χ4v) is 6.45. The van der Waals surface area contributed by atoms with E-state index in [-0.39, 0.29) is 48.4 Å². The van der Waals surface area contributed by atoms with Crippen molar-refractivity contribution in [1.82, 2.24) is 9.97 Å². The molecule has 1 radical (unpaired) electrons. The number of carbonyl (C=O) groups is 1. The van der Waals surface area contributed by atoms with E-state index in [1.54, 1.807) is 11.3 Å². The number of ketones is 1. The molecule has 2 aromatic carbocycles. The van der Waals surface area contributed by atoms with Gasteiger partial charge < -0.3 is 5.11 Å². The van der Waals surface area contributed by atoms with E-state index in [0.29, 0.717) is 0 Å². The fraction of sp³-hybridized carbons (Fsp3) is 0.375. The summed E-state index contributed by atoms with van der Waals surface area (Å²) in [6.07, 6.45) is 8.58. The van der Waals surface area contributed by atoms with Gasteiger partial charge in [0.05, 0.1) is 16.2 Å². The molecule has 0 amide bonds. The molecule has 245 valence electrons. The zero-order valence-corrected chi connectivity index (χ0v) is 31.6. The molecule has 5 aromatic rings. The molecule has 46 heavy (non-hydrogen) atoms. The second kappa shape index (κ2) is 16.1. The van der Waals surface area contributed by atoms with E-state index >= 15 is 0 Å². The van der Waals surface area contributed by atoms with Crippen LogP contribution in [0.4, 0.5) is 0 Å². The molecule has 0 aliphatic carbocycles. The quantitative estimate of drug-likeness (QED) is 0.0915. The summed E-state index contributed by atoms with van der Waals surface area (Å²) in [6, 6.07) is 22.7. The van der Waals surface area contributed by atoms with E-state index in [1.807, 2.05) is 53.1 Å². The zero-order chi connectivity index (χ0) is 32.8. The van der Waals surface area contributed by atoms with Crippen LogP contribution in [-0.2, 0) is 30.3 Å². The van der Waals surface area contributed by atoms with Gasteiger partial charge in [-0.05, 0) is 65.6 Å². The monoisotopic (exact) mass is 812 g/mol. The molecule has 3 aromatic heterocycles. The molecule has 4 nitrogen and oxygen atoms in total. The number of aliphatic hydroxyl groups excluding tert-OH is 1. The topological polar surface area (TPSA) is 63.1 Å². The predicted octanol–water partition coefficient (Wildman–Crippen LogP) is 11.5. The summed E-state index contributed by atoms with van der Waals surface area (Å²) in [4.78, 5) is 21.4. The van der Waals surface area contributed by atoms with Crippen molar-refractivity contribution < 1.29 is 30.0 Å². The van der Waals surface area contributed by atoms with Crippen molar-refractivity contribution >= 4 is 38.0 Å². The van der Waals surface area contributed by atoms with E-state index in [4.69, 9.17) is 0 Å². The third-order valence-corrected chi connectivity index (χ3v) is 10.0. The summed E-state index contributed by atoms with van der Waals surface area (Å²) < 4.78 is 1.21. The van der Waals surface area contributed by atoms with Crippen molar-refractivity contribution in [2.75, 3.05) is 0 Å². The Balaban J connectivity index is 0.000000293. The third-order valence-electron chi connectivity index (χ3n) is 9.10. The number of hydrogen-bond donors (Lipinski definition) is 1. The number of rotatable bonds is 9. The van der Waals surface area contributed by atoms with E-state index in [1.165, 1.54) is 27.1 Å². The van der Waals surface area contributed by atoms with E-state index in [2.05, 4.69) is 90.7 Å². The Bertz CT molecular complexity index is 1790. The first-order valence-electron chi connectivity index (χ1n) is 16.1. The van der Waals surface area contributed by atoms with Gasteiger partial charge >= 0.3 is 0 Å². The number of fused-ring (bicyclic) bond motifs is 2. The minimum absolute atomic E-state index is 0. The van der Waals surface area contributed by atoms with Crippen LogP contribution in [0.3, 0.4) is 0 Å². The number of aromatic nitrogens is 2. The van der Waals surface area contributed by atoms with Crippen LogP contribution >= 0.6 is 11.3 Å². The Morgan fingerprint density at radius 3 is 2.26 bits per heavy atom. The number of aliphatic hydroxyl groups is 1. The number of carbonyl (C=O) groups excluding carboxylic acids is 1. The Morgan fingerprint density at radius 2 is 1.61 bits per heavy atom. The molecule has 3 heterocycles. The van der Waals surface area contributed by atoms with Gasteiger partial charge in [0.25, 0.3) is 0 Å². The van der Waals surface area contributed by atoms with Crippen LogP contribution in [0.2, 0.25) is 0 Å². The van der Waals surface area contributed by atoms with E-state index in [0.717, 1.165) is 53.6 Å². The van der Waals surface area contributed by atoms with Crippen molar-refractivity contribution in [2.24, 2.45) is 11.3 Å². The minimum Gasteiger partial charge on any atom is -0.512 e. The van der Waals surface area contributed by atoms with Crippen molar-refractivity contribution in [3.8, 4) is 22.5 Å². The molecule has 0 bridgehead atoms. The van der Waals surface area contributed by atoms with Crippen LogP contribution < -0.4 is 0 Å². The van der Waals surface area contributed by atoms with Crippen molar-refractivity contribution in [3.05, 3.63) is 95.8 Å². The third kappa shape index (κ3) is 8.39. The average Bonchev–Trinajstić information content (AvgIpc) is 3.53. The molecule has 0 atom stereocenters. The summed E-state index contributed by atoms with van der Waals surface area (Å²) in [5, 5.41) is 15.6. The van der Waals surface area contributed by atoms with Crippen molar-refractivity contribution in [3.63, 3.8) is 0 Å². The maximum absolute atomic E-state index is 12.0. The Kier molecular flexibility index (Phi) is 13.0. The maximum Gasteiger partial charge on any atom is 0.164 e. The fourth-order valence-electron chi connectivity index (χ4n) is 5.54. The largest absolute Gasteiger partial charge is 0.512 e. The summed E-state index contributed by atoms with van der Waals surface area (Å²) in [5.41, 5.74) is 5.07. The average molecular weight is 812 g/mol.